The number of unbranched alkanes of at least 4 members (excludes halogenated alkanes) is 1. The van der Waals surface area contributed by atoms with E-state index in [2.05, 4.69) is 50.0 Å². The van der Waals surface area contributed by atoms with Gasteiger partial charge in [-0.25, -0.2) is 4.98 Å². The molecular weight excluding hydrogens is 414 g/mol. The Kier molecular flexibility index (Phi) is 7.44. The van der Waals surface area contributed by atoms with Crippen molar-refractivity contribution in [2.24, 2.45) is 11.3 Å². The van der Waals surface area contributed by atoms with Crippen LogP contribution in [0.5, 0.6) is 0 Å². The van der Waals surface area contributed by atoms with Gasteiger partial charge in [0.05, 0.1) is 10.2 Å². The van der Waals surface area contributed by atoms with Gasteiger partial charge in [-0.1, -0.05) is 56.9 Å². The summed E-state index contributed by atoms with van der Waals surface area (Å²) in [5, 5.41) is 4.57. The van der Waals surface area contributed by atoms with E-state index in [0.29, 0.717) is 18.4 Å². The van der Waals surface area contributed by atoms with E-state index in [4.69, 9.17) is 4.98 Å². The number of rotatable bonds is 9. The number of aryl methyl sites for hydroxylation is 2. The van der Waals surface area contributed by atoms with Gasteiger partial charge in [-0.3, -0.25) is 4.79 Å². The first kappa shape index (κ1) is 23.5. The third-order valence-corrected chi connectivity index (χ3v) is 9.34. The van der Waals surface area contributed by atoms with Crippen molar-refractivity contribution in [3.05, 3.63) is 23.3 Å². The number of nitrogens with zero attached hydrogens (tertiary/aromatic N) is 2. The first-order valence-corrected chi connectivity index (χ1v) is 13.7. The molecule has 2 aliphatic rings. The van der Waals surface area contributed by atoms with Crippen LogP contribution in [0.15, 0.2) is 12.1 Å². The van der Waals surface area contributed by atoms with Gasteiger partial charge in [0.1, 0.15) is 0 Å². The molecule has 1 aliphatic carbocycles. The zero-order valence-corrected chi connectivity index (χ0v) is 21.3. The van der Waals surface area contributed by atoms with E-state index < -0.39 is 0 Å². The van der Waals surface area contributed by atoms with Crippen molar-refractivity contribution in [2.45, 2.75) is 97.9 Å². The average molecular weight is 456 g/mol. The molecule has 1 saturated heterocycles. The third-order valence-electron chi connectivity index (χ3n) is 8.28. The molecule has 1 aliphatic heterocycles. The molecule has 32 heavy (non-hydrogen) atoms. The highest BCUT2D eigenvalue weighted by atomic mass is 32.1. The van der Waals surface area contributed by atoms with E-state index in [1.807, 2.05) is 11.3 Å². The topological polar surface area (TPSA) is 45.2 Å². The first-order chi connectivity index (χ1) is 15.5. The van der Waals surface area contributed by atoms with Crippen LogP contribution in [-0.4, -0.2) is 30.0 Å². The Morgan fingerprint density at radius 1 is 1.28 bits per heavy atom. The van der Waals surface area contributed by atoms with Gasteiger partial charge in [-0.2, -0.15) is 0 Å². The molecule has 4 nitrogen and oxygen atoms in total. The second-order valence-electron chi connectivity index (χ2n) is 10.3. The van der Waals surface area contributed by atoms with E-state index in [1.165, 1.54) is 77.8 Å². The molecule has 2 heterocycles. The highest BCUT2D eigenvalue weighted by Crippen LogP contribution is 2.49. The number of aromatic nitrogens is 1. The molecule has 3 unspecified atom stereocenters. The fraction of sp³-hybridized carbons (Fsp3) is 0.704. The molecule has 1 saturated carbocycles. The summed E-state index contributed by atoms with van der Waals surface area (Å²) in [6, 6.07) is 4.95. The van der Waals surface area contributed by atoms with Crippen LogP contribution in [0, 0.1) is 25.2 Å². The number of piperidine rings is 1. The molecule has 0 spiro atoms. The second-order valence-corrected chi connectivity index (χ2v) is 11.3. The molecule has 1 amide bonds. The van der Waals surface area contributed by atoms with Crippen molar-refractivity contribution in [3.63, 3.8) is 0 Å². The summed E-state index contributed by atoms with van der Waals surface area (Å²) >= 11 is 1.85. The minimum Gasteiger partial charge on any atom is -0.355 e. The number of carbonyl (C=O) groups excluding carboxylic acids is 1. The lowest BCUT2D eigenvalue weighted by Gasteiger charge is -2.46. The average Bonchev–Trinajstić information content (AvgIpc) is 3.42. The molecule has 1 aromatic heterocycles. The van der Waals surface area contributed by atoms with Crippen LogP contribution in [0.3, 0.4) is 0 Å². The minimum absolute atomic E-state index is 0.210. The highest BCUT2D eigenvalue weighted by Gasteiger charge is 2.48. The normalized spacial score (nSPS) is 24.0. The Bertz CT molecular complexity index is 938. The van der Waals surface area contributed by atoms with E-state index in [-0.39, 0.29) is 11.3 Å². The molecule has 5 heteroatoms. The standard InChI is InChI=1S/C27H41N3OS/c1-5-7-10-21(6-2)17-24(31)28-18-27-14-8-11-23(27)30(16-9-15-27)26-29-25-20(4)19(3)12-13-22(25)32-26/h12-13,21,23H,5-11,14-18H2,1-4H3,(H,28,31). The molecule has 0 bridgehead atoms. The summed E-state index contributed by atoms with van der Waals surface area (Å²) in [6.07, 6.45) is 11.5. The Morgan fingerprint density at radius 3 is 2.88 bits per heavy atom. The number of amides is 1. The number of benzene rings is 1. The summed E-state index contributed by atoms with van der Waals surface area (Å²) in [4.78, 5) is 20.5. The Hall–Kier alpha value is -1.62. The van der Waals surface area contributed by atoms with Crippen molar-refractivity contribution >= 4 is 32.6 Å². The van der Waals surface area contributed by atoms with Crippen molar-refractivity contribution in [3.8, 4) is 0 Å². The van der Waals surface area contributed by atoms with E-state index in [0.717, 1.165) is 19.5 Å². The molecule has 2 fully saturated rings. The predicted molar refractivity (Wildman–Crippen MR) is 137 cm³/mol. The van der Waals surface area contributed by atoms with Crippen LogP contribution in [0.4, 0.5) is 5.13 Å². The number of anilines is 1. The van der Waals surface area contributed by atoms with Crippen LogP contribution >= 0.6 is 11.3 Å². The zero-order valence-electron chi connectivity index (χ0n) is 20.5. The Morgan fingerprint density at radius 2 is 2.09 bits per heavy atom. The van der Waals surface area contributed by atoms with E-state index in [9.17, 15) is 4.79 Å². The number of hydrogen-bond acceptors (Lipinski definition) is 4. The Labute approximate surface area is 198 Å². The molecule has 0 radical (unpaired) electrons. The van der Waals surface area contributed by atoms with Gasteiger partial charge >= 0.3 is 0 Å². The summed E-state index contributed by atoms with van der Waals surface area (Å²) in [7, 11) is 0. The third kappa shape index (κ3) is 4.69. The van der Waals surface area contributed by atoms with Crippen LogP contribution in [-0.2, 0) is 4.79 Å². The number of carbonyl (C=O) groups is 1. The van der Waals surface area contributed by atoms with Gasteiger partial charge in [0.2, 0.25) is 5.91 Å². The van der Waals surface area contributed by atoms with Crippen molar-refractivity contribution in [2.75, 3.05) is 18.0 Å². The maximum Gasteiger partial charge on any atom is 0.220 e. The van der Waals surface area contributed by atoms with Crippen molar-refractivity contribution in [1.29, 1.82) is 0 Å². The smallest absolute Gasteiger partial charge is 0.220 e. The van der Waals surface area contributed by atoms with Crippen LogP contribution < -0.4 is 10.2 Å². The monoisotopic (exact) mass is 455 g/mol. The number of hydrogen-bond donors (Lipinski definition) is 1. The SMILES string of the molecule is CCCCC(CC)CC(=O)NCC12CCCC1N(c1nc3c(C)c(C)ccc3s1)CCC2. The van der Waals surface area contributed by atoms with Gasteiger partial charge in [0.25, 0.3) is 0 Å². The van der Waals surface area contributed by atoms with Crippen LogP contribution in [0.1, 0.15) is 89.2 Å². The maximum atomic E-state index is 12.8. The second kappa shape index (κ2) is 10.1. The number of fused-ring (bicyclic) bond motifs is 2. The molecular formula is C27H41N3OS. The quantitative estimate of drug-likeness (QED) is 0.453. The van der Waals surface area contributed by atoms with Crippen LogP contribution in [0.25, 0.3) is 10.2 Å². The van der Waals surface area contributed by atoms with Gasteiger partial charge in [-0.05, 0) is 69.1 Å². The fourth-order valence-electron chi connectivity index (χ4n) is 6.07. The molecule has 3 atom stereocenters. The lowest BCUT2D eigenvalue weighted by Crippen LogP contribution is -2.54. The molecule has 176 valence electrons. The summed E-state index contributed by atoms with van der Waals surface area (Å²) in [5.41, 5.74) is 4.00. The van der Waals surface area contributed by atoms with E-state index >= 15 is 0 Å². The van der Waals surface area contributed by atoms with Gasteiger partial charge in [0.15, 0.2) is 5.13 Å². The van der Waals surface area contributed by atoms with Gasteiger partial charge < -0.3 is 10.2 Å². The molecule has 1 N–H and O–H groups in total. The number of thiazole rings is 1. The van der Waals surface area contributed by atoms with E-state index in [1.54, 1.807) is 0 Å². The summed E-state index contributed by atoms with van der Waals surface area (Å²) in [6.45, 7) is 10.7. The minimum atomic E-state index is 0.210. The van der Waals surface area contributed by atoms with Gasteiger partial charge in [0, 0.05) is 31.0 Å². The maximum absolute atomic E-state index is 12.8. The summed E-state index contributed by atoms with van der Waals surface area (Å²) < 4.78 is 1.29. The molecule has 2 aromatic rings. The van der Waals surface area contributed by atoms with Crippen LogP contribution in [0.2, 0.25) is 0 Å². The molecule has 1 aromatic carbocycles. The van der Waals surface area contributed by atoms with Crippen molar-refractivity contribution < 1.29 is 4.79 Å². The van der Waals surface area contributed by atoms with Crippen molar-refractivity contribution in [1.82, 2.24) is 10.3 Å². The van der Waals surface area contributed by atoms with Gasteiger partial charge in [-0.15, -0.1) is 0 Å². The fourth-order valence-corrected chi connectivity index (χ4v) is 7.17. The predicted octanol–water partition coefficient (Wildman–Crippen LogP) is 6.77. The first-order valence-electron chi connectivity index (χ1n) is 12.9. The molecule has 4 rings (SSSR count). The largest absolute Gasteiger partial charge is 0.355 e. The Balaban J connectivity index is 1.46. The zero-order chi connectivity index (χ0) is 22.7. The lowest BCUT2D eigenvalue weighted by atomic mass is 9.75. The highest BCUT2D eigenvalue weighted by molar-refractivity contribution is 7.22. The summed E-state index contributed by atoms with van der Waals surface area (Å²) in [5.74, 6) is 0.792. The lowest BCUT2D eigenvalue weighted by molar-refractivity contribution is -0.122. The number of nitrogens with one attached hydrogen (secondary N) is 1.